The minimum absolute atomic E-state index is 0.0701. The molecule has 1 unspecified atom stereocenters. The molecule has 0 aliphatic heterocycles. The number of hydrogen-bond acceptors (Lipinski definition) is 6. The van der Waals surface area contributed by atoms with Crippen molar-refractivity contribution in [2.75, 3.05) is 13.2 Å². The number of allylic oxidation sites excluding steroid dienone is 4. The standard InChI is InChI=1S/C50H92O6/c1-4-7-10-13-16-19-21-23-24-25-26-27-28-30-31-34-37-40-43-49(52)55-46-47(45-54-48(51)42-39-36-33-18-15-12-9-6-3)56-50(53)44-41-38-35-32-29-22-20-17-14-11-8-5-2/h19,21,24-25,47H,4-18,20,22-23,26-46H2,1-3H3/b21-19-,25-24-. The Morgan fingerprint density at radius 2 is 0.643 bits per heavy atom. The Morgan fingerprint density at radius 3 is 1.00 bits per heavy atom. The Morgan fingerprint density at radius 1 is 0.357 bits per heavy atom. The molecular weight excluding hydrogens is 697 g/mol. The van der Waals surface area contributed by atoms with Gasteiger partial charge in [-0.15, -0.1) is 0 Å². The van der Waals surface area contributed by atoms with E-state index in [0.717, 1.165) is 70.6 Å². The molecular formula is C50H92O6. The van der Waals surface area contributed by atoms with Gasteiger partial charge in [-0.25, -0.2) is 0 Å². The molecule has 328 valence electrons. The molecule has 0 amide bonds. The molecule has 0 fully saturated rings. The van der Waals surface area contributed by atoms with Crippen LogP contribution in [0.25, 0.3) is 0 Å². The third-order valence-corrected chi connectivity index (χ3v) is 10.7. The molecule has 0 N–H and O–H groups in total. The summed E-state index contributed by atoms with van der Waals surface area (Å²) in [5.74, 6) is -0.874. The van der Waals surface area contributed by atoms with Crippen LogP contribution in [0, 0.1) is 0 Å². The van der Waals surface area contributed by atoms with Gasteiger partial charge in [-0.2, -0.15) is 0 Å². The Hall–Kier alpha value is -2.11. The molecule has 0 saturated heterocycles. The van der Waals surface area contributed by atoms with E-state index in [1.807, 2.05) is 0 Å². The maximum absolute atomic E-state index is 12.7. The lowest BCUT2D eigenvalue weighted by atomic mass is 10.0. The fraction of sp³-hybridized carbons (Fsp3) is 0.860. The van der Waals surface area contributed by atoms with Gasteiger partial charge in [0.15, 0.2) is 6.10 Å². The van der Waals surface area contributed by atoms with Crippen LogP contribution < -0.4 is 0 Å². The first-order valence-corrected chi connectivity index (χ1v) is 24.3. The molecule has 0 rings (SSSR count). The van der Waals surface area contributed by atoms with Crippen LogP contribution in [0.15, 0.2) is 24.3 Å². The molecule has 0 aromatic rings. The van der Waals surface area contributed by atoms with Crippen LogP contribution in [0.5, 0.6) is 0 Å². The van der Waals surface area contributed by atoms with Crippen molar-refractivity contribution in [2.24, 2.45) is 0 Å². The van der Waals surface area contributed by atoms with Crippen molar-refractivity contribution >= 4 is 17.9 Å². The zero-order valence-corrected chi connectivity index (χ0v) is 37.4. The van der Waals surface area contributed by atoms with E-state index in [9.17, 15) is 14.4 Å². The van der Waals surface area contributed by atoms with Gasteiger partial charge in [0, 0.05) is 19.3 Å². The van der Waals surface area contributed by atoms with Crippen molar-refractivity contribution in [1.29, 1.82) is 0 Å². The van der Waals surface area contributed by atoms with E-state index >= 15 is 0 Å². The molecule has 6 heteroatoms. The second kappa shape index (κ2) is 45.6. The molecule has 56 heavy (non-hydrogen) atoms. The van der Waals surface area contributed by atoms with E-state index in [-0.39, 0.29) is 31.1 Å². The minimum Gasteiger partial charge on any atom is -0.462 e. The second-order valence-corrected chi connectivity index (χ2v) is 16.4. The summed E-state index contributed by atoms with van der Waals surface area (Å²) in [6.45, 7) is 6.59. The highest BCUT2D eigenvalue weighted by Gasteiger charge is 2.19. The molecule has 0 radical (unpaired) electrons. The fourth-order valence-electron chi connectivity index (χ4n) is 7.00. The minimum atomic E-state index is -0.766. The van der Waals surface area contributed by atoms with Crippen LogP contribution in [0.4, 0.5) is 0 Å². The van der Waals surface area contributed by atoms with Crippen LogP contribution in [0.1, 0.15) is 258 Å². The summed E-state index contributed by atoms with van der Waals surface area (Å²) in [6, 6.07) is 0. The van der Waals surface area contributed by atoms with E-state index in [0.29, 0.717) is 19.3 Å². The summed E-state index contributed by atoms with van der Waals surface area (Å²) in [6.07, 6.45) is 50.2. The summed E-state index contributed by atoms with van der Waals surface area (Å²) >= 11 is 0. The predicted octanol–water partition coefficient (Wildman–Crippen LogP) is 15.6. The smallest absolute Gasteiger partial charge is 0.306 e. The first-order valence-electron chi connectivity index (χ1n) is 24.3. The van der Waals surface area contributed by atoms with E-state index in [1.165, 1.54) is 148 Å². The van der Waals surface area contributed by atoms with Crippen molar-refractivity contribution in [3.8, 4) is 0 Å². The lowest BCUT2D eigenvalue weighted by molar-refractivity contribution is -0.167. The highest BCUT2D eigenvalue weighted by Crippen LogP contribution is 2.15. The number of esters is 3. The van der Waals surface area contributed by atoms with E-state index in [4.69, 9.17) is 14.2 Å². The number of hydrogen-bond donors (Lipinski definition) is 0. The Bertz CT molecular complexity index is 911. The van der Waals surface area contributed by atoms with Gasteiger partial charge in [-0.3, -0.25) is 14.4 Å². The van der Waals surface area contributed by atoms with Crippen molar-refractivity contribution in [1.82, 2.24) is 0 Å². The molecule has 0 spiro atoms. The lowest BCUT2D eigenvalue weighted by Crippen LogP contribution is -2.30. The van der Waals surface area contributed by atoms with Crippen molar-refractivity contribution in [3.63, 3.8) is 0 Å². The normalized spacial score (nSPS) is 12.1. The highest BCUT2D eigenvalue weighted by atomic mass is 16.6. The molecule has 1 atom stereocenters. The van der Waals surface area contributed by atoms with Gasteiger partial charge in [0.1, 0.15) is 13.2 Å². The van der Waals surface area contributed by atoms with Crippen LogP contribution in [-0.4, -0.2) is 37.2 Å². The van der Waals surface area contributed by atoms with Crippen LogP contribution >= 0.6 is 0 Å². The van der Waals surface area contributed by atoms with Gasteiger partial charge in [-0.1, -0.05) is 212 Å². The van der Waals surface area contributed by atoms with Gasteiger partial charge in [0.05, 0.1) is 0 Å². The number of ether oxygens (including phenoxy) is 3. The summed E-state index contributed by atoms with van der Waals surface area (Å²) in [7, 11) is 0. The highest BCUT2D eigenvalue weighted by molar-refractivity contribution is 5.71. The molecule has 0 aliphatic rings. The van der Waals surface area contributed by atoms with Gasteiger partial charge < -0.3 is 14.2 Å². The van der Waals surface area contributed by atoms with E-state index in [1.54, 1.807) is 0 Å². The third kappa shape index (κ3) is 43.0. The van der Waals surface area contributed by atoms with Crippen molar-refractivity contribution < 1.29 is 28.6 Å². The maximum atomic E-state index is 12.7. The zero-order chi connectivity index (χ0) is 40.8. The fourth-order valence-corrected chi connectivity index (χ4v) is 7.00. The number of carbonyl (C=O) groups excluding carboxylic acids is 3. The van der Waals surface area contributed by atoms with Crippen LogP contribution in [-0.2, 0) is 28.6 Å². The van der Waals surface area contributed by atoms with Gasteiger partial charge >= 0.3 is 17.9 Å². The molecule has 0 aliphatic carbocycles. The largest absolute Gasteiger partial charge is 0.462 e. The van der Waals surface area contributed by atoms with Crippen LogP contribution in [0.3, 0.4) is 0 Å². The predicted molar refractivity (Wildman–Crippen MR) is 238 cm³/mol. The first-order chi connectivity index (χ1) is 27.5. The van der Waals surface area contributed by atoms with Crippen LogP contribution in [0.2, 0.25) is 0 Å². The average molecular weight is 789 g/mol. The first kappa shape index (κ1) is 53.9. The van der Waals surface area contributed by atoms with Crippen molar-refractivity contribution in [2.45, 2.75) is 264 Å². The maximum Gasteiger partial charge on any atom is 0.306 e. The zero-order valence-electron chi connectivity index (χ0n) is 37.4. The molecule has 0 aromatic heterocycles. The number of rotatable bonds is 44. The van der Waals surface area contributed by atoms with Crippen molar-refractivity contribution in [3.05, 3.63) is 24.3 Å². The molecule has 0 aromatic carbocycles. The summed E-state index contributed by atoms with van der Waals surface area (Å²) in [5, 5.41) is 0. The topological polar surface area (TPSA) is 78.9 Å². The Labute approximate surface area is 347 Å². The second-order valence-electron chi connectivity index (χ2n) is 16.4. The SMILES string of the molecule is CCCCCC/C=C\C/C=C\CCCCCCCCCC(=O)OCC(COC(=O)CCCCCCCCCC)OC(=O)CCCCCCCCCCCCCC. The molecule has 0 heterocycles. The number of carbonyl (C=O) groups is 3. The summed E-state index contributed by atoms with van der Waals surface area (Å²) in [4.78, 5) is 37.7. The van der Waals surface area contributed by atoms with Gasteiger partial charge in [0.2, 0.25) is 0 Å². The monoisotopic (exact) mass is 789 g/mol. The van der Waals surface area contributed by atoms with E-state index in [2.05, 4.69) is 45.1 Å². The van der Waals surface area contributed by atoms with Gasteiger partial charge in [-0.05, 0) is 51.4 Å². The Balaban J connectivity index is 4.27. The summed E-state index contributed by atoms with van der Waals surface area (Å²) in [5.41, 5.74) is 0. The quantitative estimate of drug-likeness (QED) is 0.0265. The molecule has 0 saturated carbocycles. The molecule has 6 nitrogen and oxygen atoms in total. The molecule has 0 bridgehead atoms. The Kier molecular flexibility index (Phi) is 43.9. The third-order valence-electron chi connectivity index (χ3n) is 10.7. The lowest BCUT2D eigenvalue weighted by Gasteiger charge is -2.18. The summed E-state index contributed by atoms with van der Waals surface area (Å²) < 4.78 is 16.7. The average Bonchev–Trinajstić information content (AvgIpc) is 3.19. The van der Waals surface area contributed by atoms with E-state index < -0.39 is 6.10 Å². The van der Waals surface area contributed by atoms with Gasteiger partial charge in [0.25, 0.3) is 0 Å². The number of unbranched alkanes of at least 4 members (excludes halogenated alkanes) is 29.